The van der Waals surface area contributed by atoms with E-state index >= 15 is 0 Å². The van der Waals surface area contributed by atoms with E-state index in [-0.39, 0.29) is 40.4 Å². The van der Waals surface area contributed by atoms with Crippen LogP contribution >= 0.6 is 0 Å². The van der Waals surface area contributed by atoms with Gasteiger partial charge in [0.25, 0.3) is 23.6 Å². The first-order valence-corrected chi connectivity index (χ1v) is 6.71. The molecule has 0 atom stereocenters. The molecule has 12 nitrogen and oxygen atoms in total. The van der Waals surface area contributed by atoms with Crippen molar-refractivity contribution in [2.45, 2.75) is 13.8 Å². The van der Waals surface area contributed by atoms with Crippen molar-refractivity contribution in [3.8, 4) is 0 Å². The van der Waals surface area contributed by atoms with Gasteiger partial charge in [0.15, 0.2) is 0 Å². The normalized spacial score (nSPS) is 15.5. The van der Waals surface area contributed by atoms with Gasteiger partial charge in [-0.25, -0.2) is 9.80 Å². The molecule has 0 spiro atoms. The number of carbonyl (C=O) groups is 8. The van der Waals surface area contributed by atoms with Crippen molar-refractivity contribution in [3.05, 3.63) is 23.3 Å². The number of nitrogens with zero attached hydrogens (tertiary/aromatic N) is 2. The van der Waals surface area contributed by atoms with E-state index in [4.69, 9.17) is 0 Å². The minimum absolute atomic E-state index is 0. The average Bonchev–Trinajstić information content (AvgIpc) is 2.93. The minimum Gasteiger partial charge on any atom is -0.361 e. The Kier molecular flexibility index (Phi) is 7.76. The maximum atomic E-state index is 11.1. The third kappa shape index (κ3) is 4.85. The molecule has 0 saturated carbocycles. The van der Waals surface area contributed by atoms with Crippen LogP contribution in [0.15, 0.2) is 23.3 Å². The molecule has 13 heteroatoms. The standard InChI is InChI=1S/2C7H6N2O4.Zn/c2*1-3-2-4(10)9(6(3)12)7(13)5(8)11;/h2*2H,1H3,(H2,8,11);. The van der Waals surface area contributed by atoms with E-state index in [1.807, 2.05) is 0 Å². The monoisotopic (exact) mass is 428 g/mol. The number of imide groups is 6. The summed E-state index contributed by atoms with van der Waals surface area (Å²) in [5.74, 6) is -8.51. The zero-order valence-corrected chi connectivity index (χ0v) is 17.1. The predicted molar refractivity (Wildman–Crippen MR) is 79.6 cm³/mol. The summed E-state index contributed by atoms with van der Waals surface area (Å²) in [6, 6.07) is 0. The summed E-state index contributed by atoms with van der Waals surface area (Å²) in [5, 5.41) is 0. The number of carbonyl (C=O) groups excluding carboxylic acids is 8. The molecule has 27 heavy (non-hydrogen) atoms. The largest absolute Gasteiger partial charge is 0.361 e. The van der Waals surface area contributed by atoms with E-state index < -0.39 is 47.3 Å². The molecule has 0 unspecified atom stereocenters. The smallest absolute Gasteiger partial charge is 0.325 e. The van der Waals surface area contributed by atoms with E-state index in [2.05, 4.69) is 11.5 Å². The molecule has 0 saturated heterocycles. The van der Waals surface area contributed by atoms with Crippen LogP contribution in [0.3, 0.4) is 0 Å². The molecule has 0 radical (unpaired) electrons. The van der Waals surface area contributed by atoms with Crippen LogP contribution < -0.4 is 11.5 Å². The summed E-state index contributed by atoms with van der Waals surface area (Å²) in [6.07, 6.45) is 1.95. The van der Waals surface area contributed by atoms with Gasteiger partial charge in [-0.1, -0.05) is 0 Å². The van der Waals surface area contributed by atoms with Gasteiger partial charge in [-0.15, -0.1) is 0 Å². The molecule has 0 aliphatic carbocycles. The first-order valence-electron chi connectivity index (χ1n) is 6.71. The molecule has 2 heterocycles. The van der Waals surface area contributed by atoms with Gasteiger partial charge in [-0.3, -0.25) is 38.4 Å². The summed E-state index contributed by atoms with van der Waals surface area (Å²) >= 11 is 0. The van der Waals surface area contributed by atoms with E-state index in [1.165, 1.54) is 13.8 Å². The Hall–Kier alpha value is -3.34. The molecule has 0 fully saturated rings. The van der Waals surface area contributed by atoms with Crippen molar-refractivity contribution in [2.75, 3.05) is 0 Å². The second kappa shape index (κ2) is 8.85. The number of amides is 8. The van der Waals surface area contributed by atoms with E-state index in [9.17, 15) is 38.4 Å². The molecule has 2 aliphatic heterocycles. The molecule has 138 valence electrons. The van der Waals surface area contributed by atoms with Crippen molar-refractivity contribution in [1.82, 2.24) is 9.80 Å². The number of hydrogen-bond acceptors (Lipinski definition) is 8. The Bertz CT molecular complexity index is 787. The van der Waals surface area contributed by atoms with Crippen LogP contribution in [0.1, 0.15) is 13.8 Å². The van der Waals surface area contributed by atoms with Crippen molar-refractivity contribution in [3.63, 3.8) is 0 Å². The summed E-state index contributed by atoms with van der Waals surface area (Å²) in [7, 11) is 0. The fraction of sp³-hybridized carbons (Fsp3) is 0.143. The van der Waals surface area contributed by atoms with Crippen LogP contribution in [-0.2, 0) is 57.8 Å². The molecule has 0 aromatic rings. The Balaban J connectivity index is 0.000000483. The minimum atomic E-state index is -1.33. The fourth-order valence-corrected chi connectivity index (χ4v) is 1.78. The molecular formula is C14H12N4O8Zn. The van der Waals surface area contributed by atoms with Gasteiger partial charge >= 0.3 is 23.6 Å². The van der Waals surface area contributed by atoms with Crippen LogP contribution in [0.5, 0.6) is 0 Å². The number of nitrogens with two attached hydrogens (primary N) is 2. The first-order chi connectivity index (χ1) is 11.9. The second-order valence-electron chi connectivity index (χ2n) is 4.95. The van der Waals surface area contributed by atoms with Gasteiger partial charge in [0.05, 0.1) is 0 Å². The fourth-order valence-electron chi connectivity index (χ4n) is 1.78. The third-order valence-electron chi connectivity index (χ3n) is 3.03. The second-order valence-corrected chi connectivity index (χ2v) is 4.95. The van der Waals surface area contributed by atoms with Crippen molar-refractivity contribution in [2.24, 2.45) is 11.5 Å². The zero-order chi connectivity index (χ0) is 20.3. The molecule has 2 rings (SSSR count). The molecule has 0 aromatic carbocycles. The van der Waals surface area contributed by atoms with Crippen LogP contribution in [0.2, 0.25) is 0 Å². The van der Waals surface area contributed by atoms with Gasteiger partial charge in [0.1, 0.15) is 0 Å². The van der Waals surface area contributed by atoms with Gasteiger partial charge in [-0.05, 0) is 13.8 Å². The predicted octanol–water partition coefficient (Wildman–Crippen LogP) is -3.38. The van der Waals surface area contributed by atoms with Crippen molar-refractivity contribution >= 4 is 47.3 Å². The Morgan fingerprint density at radius 2 is 0.963 bits per heavy atom. The summed E-state index contributed by atoms with van der Waals surface area (Å²) in [6.45, 7) is 2.74. The number of primary amides is 2. The number of rotatable bonds is 0. The van der Waals surface area contributed by atoms with Gasteiger partial charge in [0.2, 0.25) is 0 Å². The molecule has 2 aliphatic rings. The topological polar surface area (TPSA) is 195 Å². The third-order valence-corrected chi connectivity index (χ3v) is 3.03. The molecular weight excluding hydrogens is 418 g/mol. The van der Waals surface area contributed by atoms with Gasteiger partial charge in [0, 0.05) is 42.8 Å². The van der Waals surface area contributed by atoms with E-state index in [0.29, 0.717) is 0 Å². The van der Waals surface area contributed by atoms with Crippen LogP contribution in [0.25, 0.3) is 0 Å². The van der Waals surface area contributed by atoms with Crippen LogP contribution in [-0.4, -0.2) is 57.1 Å². The molecule has 8 amide bonds. The van der Waals surface area contributed by atoms with Crippen LogP contribution in [0, 0.1) is 0 Å². The molecule has 0 aromatic heterocycles. The van der Waals surface area contributed by atoms with Crippen LogP contribution in [0.4, 0.5) is 0 Å². The SMILES string of the molecule is CC1=CC(=O)N(C(=O)C(N)=O)C1=O.CC1=CC(=O)N(C(=O)C(N)=O)C1=O.[Zn]. The summed E-state index contributed by atoms with van der Waals surface area (Å²) < 4.78 is 0. The van der Waals surface area contributed by atoms with E-state index in [0.717, 1.165) is 12.2 Å². The van der Waals surface area contributed by atoms with Gasteiger partial charge < -0.3 is 11.5 Å². The first kappa shape index (κ1) is 23.7. The maximum absolute atomic E-state index is 11.1. The molecule has 4 N–H and O–H groups in total. The Labute approximate surface area is 163 Å². The maximum Gasteiger partial charge on any atom is 0.325 e. The van der Waals surface area contributed by atoms with Gasteiger partial charge in [-0.2, -0.15) is 0 Å². The molecule has 0 bridgehead atoms. The van der Waals surface area contributed by atoms with Crippen molar-refractivity contribution < 1.29 is 57.8 Å². The Morgan fingerprint density at radius 3 is 1.11 bits per heavy atom. The summed E-state index contributed by atoms with van der Waals surface area (Å²) in [4.78, 5) is 87.0. The average molecular weight is 430 g/mol. The number of hydrogen-bond donors (Lipinski definition) is 2. The van der Waals surface area contributed by atoms with Crippen molar-refractivity contribution in [1.29, 1.82) is 0 Å². The quantitative estimate of drug-likeness (QED) is 0.226. The zero-order valence-electron chi connectivity index (χ0n) is 14.2. The van der Waals surface area contributed by atoms with E-state index in [1.54, 1.807) is 0 Å². The summed E-state index contributed by atoms with van der Waals surface area (Å²) in [5.41, 5.74) is 9.48. The Morgan fingerprint density at radius 1 is 0.704 bits per heavy atom.